The minimum Gasteiger partial charge on any atom is -0.484 e. The molecule has 0 bridgehead atoms. The second-order valence-electron chi connectivity index (χ2n) is 7.12. The first-order valence-corrected chi connectivity index (χ1v) is 10.2. The Labute approximate surface area is 172 Å². The molecule has 3 rings (SSSR count). The Bertz CT molecular complexity index is 915. The quantitative estimate of drug-likeness (QED) is 0.581. The molecule has 4 nitrogen and oxygen atoms in total. The van der Waals surface area contributed by atoms with E-state index in [1.807, 2.05) is 50.3 Å². The fourth-order valence-corrected chi connectivity index (χ4v) is 3.28. The fraction of sp³-hybridized carbons (Fsp3) is 0.333. The van der Waals surface area contributed by atoms with Crippen LogP contribution in [0.2, 0.25) is 0 Å². The molecule has 0 unspecified atom stereocenters. The van der Waals surface area contributed by atoms with E-state index in [-0.39, 0.29) is 12.4 Å². The van der Waals surface area contributed by atoms with Crippen LogP contribution in [0, 0.1) is 5.82 Å². The maximum absolute atomic E-state index is 15.6. The number of halogens is 1. The first-order valence-electron chi connectivity index (χ1n) is 10.2. The monoisotopic (exact) mass is 393 g/mol. The summed E-state index contributed by atoms with van der Waals surface area (Å²) in [6.45, 7) is 4.05. The van der Waals surface area contributed by atoms with Gasteiger partial charge in [0, 0.05) is 23.5 Å². The summed E-state index contributed by atoms with van der Waals surface area (Å²) in [4.78, 5) is 8.49. The van der Waals surface area contributed by atoms with Crippen LogP contribution in [0.15, 0.2) is 59.5 Å². The molecule has 5 heteroatoms. The van der Waals surface area contributed by atoms with Crippen LogP contribution < -0.4 is 10.5 Å². The number of benzene rings is 1. The highest BCUT2D eigenvalue weighted by atomic mass is 19.1. The van der Waals surface area contributed by atoms with Crippen LogP contribution in [0.3, 0.4) is 0 Å². The number of pyridine rings is 1. The molecule has 0 saturated heterocycles. The lowest BCUT2D eigenvalue weighted by atomic mass is 9.79. The van der Waals surface area contributed by atoms with Crippen LogP contribution in [0.4, 0.5) is 4.39 Å². The second kappa shape index (κ2) is 10.0. The first kappa shape index (κ1) is 20.8. The van der Waals surface area contributed by atoms with Crippen LogP contribution in [-0.2, 0) is 6.61 Å². The average molecular weight is 394 g/mol. The number of hydrogen-bond donors (Lipinski definition) is 1. The van der Waals surface area contributed by atoms with Gasteiger partial charge < -0.3 is 10.5 Å². The normalized spacial score (nSPS) is 15.6. The maximum atomic E-state index is 15.6. The van der Waals surface area contributed by atoms with Crippen molar-refractivity contribution in [3.05, 3.63) is 77.1 Å². The molecule has 1 aromatic carbocycles. The molecule has 0 radical (unpaired) electrons. The number of aliphatic imine (C=N–C) groups is 1. The molecular weight excluding hydrogens is 365 g/mol. The highest BCUT2D eigenvalue weighted by molar-refractivity contribution is 6.10. The second-order valence-corrected chi connectivity index (χ2v) is 7.12. The smallest absolute Gasteiger partial charge is 0.173 e. The van der Waals surface area contributed by atoms with Gasteiger partial charge in [0.25, 0.3) is 0 Å². The molecule has 1 aliphatic rings. The molecule has 1 saturated carbocycles. The SMILES string of the molecule is C\C=C(N)/N=C\C(=C/CC)c1ccc(C2CCC2)c(OCc2ccccn2)c1F. The number of allylic oxidation sites excluding steroid dienone is 3. The van der Waals surface area contributed by atoms with E-state index in [1.165, 1.54) is 6.42 Å². The third-order valence-electron chi connectivity index (χ3n) is 5.15. The van der Waals surface area contributed by atoms with E-state index >= 15 is 4.39 Å². The summed E-state index contributed by atoms with van der Waals surface area (Å²) in [6, 6.07) is 9.44. The predicted molar refractivity (Wildman–Crippen MR) is 116 cm³/mol. The van der Waals surface area contributed by atoms with E-state index in [9.17, 15) is 0 Å². The molecule has 0 amide bonds. The maximum Gasteiger partial charge on any atom is 0.173 e. The number of nitrogens with zero attached hydrogens (tertiary/aromatic N) is 2. The van der Waals surface area contributed by atoms with Crippen molar-refractivity contribution < 1.29 is 9.13 Å². The number of nitrogens with two attached hydrogens (primary N) is 1. The predicted octanol–water partition coefficient (Wildman–Crippen LogP) is 5.75. The molecule has 152 valence electrons. The summed E-state index contributed by atoms with van der Waals surface area (Å²) in [5, 5.41) is 0. The summed E-state index contributed by atoms with van der Waals surface area (Å²) in [7, 11) is 0. The van der Waals surface area contributed by atoms with Crippen LogP contribution in [0.1, 0.15) is 62.3 Å². The molecule has 1 fully saturated rings. The van der Waals surface area contributed by atoms with Crippen molar-refractivity contribution in [1.82, 2.24) is 4.98 Å². The van der Waals surface area contributed by atoms with Crippen LogP contribution in [-0.4, -0.2) is 11.2 Å². The third kappa shape index (κ3) is 5.11. The zero-order valence-corrected chi connectivity index (χ0v) is 17.1. The molecule has 0 atom stereocenters. The van der Waals surface area contributed by atoms with E-state index in [4.69, 9.17) is 10.5 Å². The summed E-state index contributed by atoms with van der Waals surface area (Å²) < 4.78 is 21.6. The molecule has 29 heavy (non-hydrogen) atoms. The summed E-state index contributed by atoms with van der Waals surface area (Å²) in [5.41, 5.74) is 8.65. The lowest BCUT2D eigenvalue weighted by Crippen LogP contribution is -2.13. The largest absolute Gasteiger partial charge is 0.484 e. The number of aromatic nitrogens is 1. The third-order valence-corrected chi connectivity index (χ3v) is 5.15. The molecule has 0 spiro atoms. The van der Waals surface area contributed by atoms with Gasteiger partial charge >= 0.3 is 0 Å². The van der Waals surface area contributed by atoms with E-state index in [2.05, 4.69) is 9.98 Å². The molecule has 1 aromatic heterocycles. The van der Waals surface area contributed by atoms with Crippen molar-refractivity contribution in [2.75, 3.05) is 0 Å². The Morgan fingerprint density at radius 3 is 2.76 bits per heavy atom. The highest BCUT2D eigenvalue weighted by Crippen LogP contribution is 2.43. The van der Waals surface area contributed by atoms with Crippen LogP contribution in [0.25, 0.3) is 5.57 Å². The van der Waals surface area contributed by atoms with Gasteiger partial charge in [-0.15, -0.1) is 0 Å². The molecule has 0 aliphatic heterocycles. The Morgan fingerprint density at radius 1 is 1.31 bits per heavy atom. The summed E-state index contributed by atoms with van der Waals surface area (Å²) >= 11 is 0. The molecule has 2 aromatic rings. The van der Waals surface area contributed by atoms with Crippen LogP contribution >= 0.6 is 0 Å². The van der Waals surface area contributed by atoms with Gasteiger partial charge in [0.1, 0.15) is 12.4 Å². The van der Waals surface area contributed by atoms with Gasteiger partial charge in [-0.3, -0.25) is 4.98 Å². The van der Waals surface area contributed by atoms with Crippen LogP contribution in [0.5, 0.6) is 5.75 Å². The minimum atomic E-state index is -0.351. The Hall–Kier alpha value is -2.95. The van der Waals surface area contributed by atoms with Crippen molar-refractivity contribution in [3.8, 4) is 5.75 Å². The molecule has 2 N–H and O–H groups in total. The topological polar surface area (TPSA) is 60.5 Å². The number of rotatable bonds is 8. The summed E-state index contributed by atoms with van der Waals surface area (Å²) in [5.74, 6) is 0.719. The van der Waals surface area contributed by atoms with E-state index in [1.54, 1.807) is 18.5 Å². The van der Waals surface area contributed by atoms with Crippen molar-refractivity contribution in [2.45, 2.75) is 52.1 Å². The standard InChI is InChI=1S/C24H28FN3O/c1-3-8-18(15-28-22(26)4-2)20-12-13-21(17-9-7-10-17)24(23(20)25)29-16-19-11-5-6-14-27-19/h4-6,8,11-15,17H,3,7,9-10,16,26H2,1-2H3/b18-8+,22-4-,28-15-. The number of ether oxygens (including phenoxy) is 1. The Balaban J connectivity index is 1.97. The molecule has 1 heterocycles. The fourth-order valence-electron chi connectivity index (χ4n) is 3.28. The molecular formula is C24H28FN3O. The Kier molecular flexibility index (Phi) is 7.17. The Morgan fingerprint density at radius 2 is 2.14 bits per heavy atom. The average Bonchev–Trinajstić information content (AvgIpc) is 2.70. The molecule has 1 aliphatic carbocycles. The number of hydrogen-bond acceptors (Lipinski definition) is 4. The lowest BCUT2D eigenvalue weighted by Gasteiger charge is -2.28. The van der Waals surface area contributed by atoms with Crippen molar-refractivity contribution in [1.29, 1.82) is 0 Å². The van der Waals surface area contributed by atoms with E-state index in [0.29, 0.717) is 28.6 Å². The van der Waals surface area contributed by atoms with Gasteiger partial charge in [-0.2, -0.15) is 0 Å². The van der Waals surface area contributed by atoms with Gasteiger partial charge in [-0.25, -0.2) is 9.38 Å². The lowest BCUT2D eigenvalue weighted by molar-refractivity contribution is 0.274. The zero-order chi connectivity index (χ0) is 20.6. The van der Waals surface area contributed by atoms with Crippen molar-refractivity contribution in [3.63, 3.8) is 0 Å². The van der Waals surface area contributed by atoms with Crippen molar-refractivity contribution in [2.24, 2.45) is 10.7 Å². The van der Waals surface area contributed by atoms with E-state index in [0.717, 1.165) is 30.5 Å². The zero-order valence-electron chi connectivity index (χ0n) is 17.1. The van der Waals surface area contributed by atoms with Gasteiger partial charge in [-0.05, 0) is 55.9 Å². The summed E-state index contributed by atoms with van der Waals surface area (Å²) in [6.07, 6.45) is 11.0. The van der Waals surface area contributed by atoms with Gasteiger partial charge in [0.2, 0.25) is 0 Å². The minimum absolute atomic E-state index is 0.230. The van der Waals surface area contributed by atoms with Gasteiger partial charge in [0.15, 0.2) is 11.6 Å². The van der Waals surface area contributed by atoms with Gasteiger partial charge in [-0.1, -0.05) is 37.6 Å². The highest BCUT2D eigenvalue weighted by Gasteiger charge is 2.26. The van der Waals surface area contributed by atoms with Crippen molar-refractivity contribution >= 4 is 11.8 Å². The first-order chi connectivity index (χ1) is 14.1. The van der Waals surface area contributed by atoms with Gasteiger partial charge in [0.05, 0.1) is 5.69 Å². The van der Waals surface area contributed by atoms with E-state index < -0.39 is 0 Å².